The summed E-state index contributed by atoms with van der Waals surface area (Å²) in [6, 6.07) is 0. The zero-order valence-corrected chi connectivity index (χ0v) is 22.9. The molecule has 7 nitrogen and oxygen atoms in total. The van der Waals surface area contributed by atoms with E-state index >= 15 is 0 Å². The summed E-state index contributed by atoms with van der Waals surface area (Å²) >= 11 is 0. The summed E-state index contributed by atoms with van der Waals surface area (Å²) in [5.41, 5.74) is 0. The number of nitrogens with one attached hydrogen (secondary N) is 1. The minimum atomic E-state index is -0.870. The Morgan fingerprint density at radius 3 is 1.69 bits per heavy atom. The summed E-state index contributed by atoms with van der Waals surface area (Å²) in [5.74, 6) is -0.817. The van der Waals surface area contributed by atoms with Gasteiger partial charge in [-0.1, -0.05) is 97.3 Å². The van der Waals surface area contributed by atoms with Crippen molar-refractivity contribution < 1.29 is 24.5 Å². The maximum absolute atomic E-state index is 10.9. The Labute approximate surface area is 215 Å². The van der Waals surface area contributed by atoms with Crippen LogP contribution in [0.4, 0.5) is 0 Å². The van der Waals surface area contributed by atoms with Gasteiger partial charge in [0.15, 0.2) is 0 Å². The van der Waals surface area contributed by atoms with Crippen molar-refractivity contribution in [3.63, 3.8) is 0 Å². The third-order valence-corrected chi connectivity index (χ3v) is 6.39. The minimum absolute atomic E-state index is 0.00450. The Morgan fingerprint density at radius 2 is 1.17 bits per heavy atom. The Kier molecular flexibility index (Phi) is 25.0. The molecular weight excluding hydrogens is 444 g/mol. The van der Waals surface area contributed by atoms with Gasteiger partial charge in [-0.3, -0.25) is 14.5 Å². The molecule has 0 aliphatic rings. The van der Waals surface area contributed by atoms with Crippen LogP contribution in [0.15, 0.2) is 0 Å². The number of carboxylic acid groups (broad SMARTS) is 2. The molecule has 0 aromatic heterocycles. The van der Waals surface area contributed by atoms with Gasteiger partial charge in [-0.15, -0.1) is 0 Å². The van der Waals surface area contributed by atoms with Crippen molar-refractivity contribution in [2.75, 3.05) is 45.9 Å². The molecule has 0 radical (unpaired) electrons. The Morgan fingerprint density at radius 1 is 0.657 bits per heavy atom. The average Bonchev–Trinajstić information content (AvgIpc) is 2.80. The lowest BCUT2D eigenvalue weighted by Gasteiger charge is -2.21. The molecule has 0 saturated heterocycles. The smallest absolute Gasteiger partial charge is 0.305 e. The lowest BCUT2D eigenvalue weighted by molar-refractivity contribution is -0.139. The molecule has 0 aliphatic heterocycles. The van der Waals surface area contributed by atoms with Crippen LogP contribution in [-0.2, 0) is 14.3 Å². The van der Waals surface area contributed by atoms with Gasteiger partial charge in [0.25, 0.3) is 0 Å². The van der Waals surface area contributed by atoms with Crippen LogP contribution >= 0.6 is 0 Å². The van der Waals surface area contributed by atoms with Crippen LogP contribution in [0.2, 0.25) is 0 Å². The van der Waals surface area contributed by atoms with Gasteiger partial charge < -0.3 is 20.3 Å². The maximum atomic E-state index is 10.9. The molecule has 0 aromatic carbocycles. The molecule has 7 heteroatoms. The third-order valence-electron chi connectivity index (χ3n) is 6.39. The molecule has 0 heterocycles. The Balaban J connectivity index is 3.48. The monoisotopic (exact) mass is 500 g/mol. The molecule has 0 atom stereocenters. The van der Waals surface area contributed by atoms with E-state index < -0.39 is 11.9 Å². The average molecular weight is 501 g/mol. The molecule has 0 spiro atoms. The van der Waals surface area contributed by atoms with Crippen molar-refractivity contribution in [3.05, 3.63) is 0 Å². The molecule has 0 aliphatic carbocycles. The number of hydrogen-bond donors (Lipinski definition) is 3. The Bertz CT molecular complexity index is 488. The van der Waals surface area contributed by atoms with Gasteiger partial charge in [0, 0.05) is 26.2 Å². The highest BCUT2D eigenvalue weighted by Gasteiger charge is 2.08. The summed E-state index contributed by atoms with van der Waals surface area (Å²) < 4.78 is 5.33. The number of unbranched alkanes of at least 4 members (excludes halogenated alkanes) is 12. The highest BCUT2D eigenvalue weighted by Crippen LogP contribution is 2.14. The van der Waals surface area contributed by atoms with Gasteiger partial charge in [-0.2, -0.15) is 0 Å². The summed E-state index contributed by atoms with van der Waals surface area (Å²) in [6.07, 6.45) is 19.2. The molecule has 0 amide bonds. The fraction of sp³-hybridized carbons (Fsp3) is 0.929. The highest BCUT2D eigenvalue weighted by atomic mass is 16.5. The molecule has 0 unspecified atom stereocenters. The van der Waals surface area contributed by atoms with E-state index in [9.17, 15) is 9.59 Å². The summed E-state index contributed by atoms with van der Waals surface area (Å²) in [7, 11) is 0. The molecule has 0 saturated carbocycles. The van der Waals surface area contributed by atoms with E-state index in [2.05, 4.69) is 24.1 Å². The first kappa shape index (κ1) is 33.8. The molecule has 208 valence electrons. The van der Waals surface area contributed by atoms with Crippen molar-refractivity contribution >= 4 is 11.9 Å². The van der Waals surface area contributed by atoms with Crippen LogP contribution in [-0.4, -0.2) is 73.0 Å². The first-order valence-electron chi connectivity index (χ1n) is 14.4. The van der Waals surface area contributed by atoms with E-state index in [-0.39, 0.29) is 19.4 Å². The second-order valence-corrected chi connectivity index (χ2v) is 10.3. The van der Waals surface area contributed by atoms with Crippen LogP contribution in [0.25, 0.3) is 0 Å². The van der Waals surface area contributed by atoms with Crippen LogP contribution in [0, 0.1) is 5.92 Å². The fourth-order valence-electron chi connectivity index (χ4n) is 4.15. The Hall–Kier alpha value is -1.18. The van der Waals surface area contributed by atoms with Gasteiger partial charge in [0.2, 0.25) is 0 Å². The van der Waals surface area contributed by atoms with E-state index in [1.165, 1.54) is 89.9 Å². The van der Waals surface area contributed by atoms with Crippen molar-refractivity contribution in [2.45, 2.75) is 117 Å². The number of nitrogens with zero attached hydrogens (tertiary/aromatic N) is 1. The van der Waals surface area contributed by atoms with Gasteiger partial charge in [-0.25, -0.2) is 0 Å². The van der Waals surface area contributed by atoms with Crippen molar-refractivity contribution in [2.24, 2.45) is 5.92 Å². The molecule has 0 aromatic rings. The molecule has 0 rings (SSSR count). The molecular formula is C28H56N2O5. The molecule has 0 fully saturated rings. The number of ether oxygens (including phenoxy) is 1. The molecule has 3 N–H and O–H groups in total. The largest absolute Gasteiger partial charge is 0.481 e. The lowest BCUT2D eigenvalue weighted by atomic mass is 10.0. The lowest BCUT2D eigenvalue weighted by Crippen LogP contribution is -2.36. The second kappa shape index (κ2) is 25.9. The predicted molar refractivity (Wildman–Crippen MR) is 144 cm³/mol. The number of rotatable bonds is 28. The SMILES string of the molecule is CC(C)CCCCCCCCCCCCCCCNCCN(CCOCCC(=O)O)CCC(=O)O. The van der Waals surface area contributed by atoms with Crippen molar-refractivity contribution in [1.82, 2.24) is 10.2 Å². The van der Waals surface area contributed by atoms with Crippen LogP contribution in [0.1, 0.15) is 117 Å². The number of carboxylic acids is 2. The number of aliphatic carboxylic acids is 2. The number of hydrogen-bond acceptors (Lipinski definition) is 5. The fourth-order valence-corrected chi connectivity index (χ4v) is 4.15. The topological polar surface area (TPSA) is 99.1 Å². The molecule has 0 bridgehead atoms. The van der Waals surface area contributed by atoms with E-state index in [1.54, 1.807) is 0 Å². The third kappa shape index (κ3) is 28.9. The first-order valence-corrected chi connectivity index (χ1v) is 14.4. The van der Waals surface area contributed by atoms with E-state index in [1.807, 2.05) is 0 Å². The van der Waals surface area contributed by atoms with Gasteiger partial charge in [-0.05, 0) is 18.9 Å². The summed E-state index contributed by atoms with van der Waals surface area (Å²) in [6.45, 7) is 8.94. The predicted octanol–water partition coefficient (Wildman–Crippen LogP) is 5.96. The van der Waals surface area contributed by atoms with Gasteiger partial charge in [0.1, 0.15) is 0 Å². The number of carbonyl (C=O) groups is 2. The summed E-state index contributed by atoms with van der Waals surface area (Å²) in [4.78, 5) is 23.4. The quantitative estimate of drug-likeness (QED) is 0.114. The molecule has 35 heavy (non-hydrogen) atoms. The maximum Gasteiger partial charge on any atom is 0.305 e. The highest BCUT2D eigenvalue weighted by molar-refractivity contribution is 5.67. The standard InChI is InChI=1S/C28H56N2O5/c1-26(2)16-14-12-10-8-6-4-3-5-7-9-11-13-15-19-29-20-22-30(21-17-27(31)32)23-25-35-24-18-28(33)34/h26,29H,3-25H2,1-2H3,(H,31,32)(H,33,34). The van der Waals surface area contributed by atoms with E-state index in [0.29, 0.717) is 19.7 Å². The van der Waals surface area contributed by atoms with Gasteiger partial charge in [0.05, 0.1) is 26.1 Å². The zero-order valence-electron chi connectivity index (χ0n) is 22.9. The minimum Gasteiger partial charge on any atom is -0.481 e. The van der Waals surface area contributed by atoms with Crippen LogP contribution < -0.4 is 5.32 Å². The zero-order chi connectivity index (χ0) is 26.0. The van der Waals surface area contributed by atoms with Crippen LogP contribution in [0.3, 0.4) is 0 Å². The van der Waals surface area contributed by atoms with Crippen molar-refractivity contribution in [3.8, 4) is 0 Å². The van der Waals surface area contributed by atoms with Crippen LogP contribution in [0.5, 0.6) is 0 Å². The second-order valence-electron chi connectivity index (χ2n) is 10.3. The van der Waals surface area contributed by atoms with Gasteiger partial charge >= 0.3 is 11.9 Å². The normalized spacial score (nSPS) is 11.5. The first-order chi connectivity index (χ1) is 16.9. The van der Waals surface area contributed by atoms with Crippen molar-refractivity contribution in [1.29, 1.82) is 0 Å². The van der Waals surface area contributed by atoms with E-state index in [0.717, 1.165) is 25.6 Å². The van der Waals surface area contributed by atoms with E-state index in [4.69, 9.17) is 14.9 Å². The summed E-state index contributed by atoms with van der Waals surface area (Å²) in [5, 5.41) is 21.0.